The van der Waals surface area contributed by atoms with E-state index >= 15 is 0 Å². The molecule has 0 saturated heterocycles. The van der Waals surface area contributed by atoms with E-state index in [0.29, 0.717) is 30.2 Å². The van der Waals surface area contributed by atoms with Crippen LogP contribution in [0.15, 0.2) is 29.2 Å². The van der Waals surface area contributed by atoms with E-state index in [9.17, 15) is 9.59 Å². The monoisotopic (exact) mass is 309 g/mol. The first kappa shape index (κ1) is 17.6. The second-order valence-electron chi connectivity index (χ2n) is 4.53. The molecule has 0 bridgehead atoms. The van der Waals surface area contributed by atoms with Gasteiger partial charge in [-0.1, -0.05) is 25.5 Å². The van der Waals surface area contributed by atoms with Crippen LogP contribution in [0, 0.1) is 0 Å². The van der Waals surface area contributed by atoms with Crippen LogP contribution in [0.25, 0.3) is 0 Å². The number of hydrogen-bond donors (Lipinski definition) is 0. The van der Waals surface area contributed by atoms with Crippen molar-refractivity contribution in [3.8, 4) is 0 Å². The second kappa shape index (κ2) is 9.45. The molecule has 5 heteroatoms. The molecule has 0 radical (unpaired) electrons. The van der Waals surface area contributed by atoms with Crippen molar-refractivity contribution in [1.29, 1.82) is 0 Å². The third-order valence-corrected chi connectivity index (χ3v) is 4.07. The fraction of sp³-hybridized carbons (Fsp3) is 0.500. The Morgan fingerprint density at radius 2 is 1.81 bits per heavy atom. The van der Waals surface area contributed by atoms with Crippen LogP contribution in [0.1, 0.15) is 44.0 Å². The minimum atomic E-state index is -0.362. The Hall–Kier alpha value is -1.49. The number of esters is 1. The van der Waals surface area contributed by atoms with E-state index in [-0.39, 0.29) is 11.2 Å². The first-order valence-electron chi connectivity index (χ1n) is 7.36. The molecule has 116 valence electrons. The van der Waals surface area contributed by atoms with Crippen LogP contribution in [0.3, 0.4) is 0 Å². The number of ether oxygens (including phenoxy) is 1. The van der Waals surface area contributed by atoms with Gasteiger partial charge in [-0.05, 0) is 44.2 Å². The van der Waals surface area contributed by atoms with E-state index in [2.05, 4.69) is 0 Å². The van der Waals surface area contributed by atoms with Gasteiger partial charge >= 0.3 is 5.97 Å². The number of thioether (sulfide) groups is 1. The van der Waals surface area contributed by atoms with E-state index in [1.807, 2.05) is 26.8 Å². The Labute approximate surface area is 130 Å². The molecule has 0 unspecified atom stereocenters. The van der Waals surface area contributed by atoms with E-state index in [1.165, 1.54) is 0 Å². The first-order chi connectivity index (χ1) is 10.1. The van der Waals surface area contributed by atoms with Crippen molar-refractivity contribution < 1.29 is 14.3 Å². The number of carbonyl (C=O) groups is 2. The van der Waals surface area contributed by atoms with Gasteiger partial charge in [0.1, 0.15) is 0 Å². The van der Waals surface area contributed by atoms with Crippen molar-refractivity contribution in [2.45, 2.75) is 38.5 Å². The van der Waals surface area contributed by atoms with Crippen molar-refractivity contribution >= 4 is 23.0 Å². The predicted molar refractivity (Wildman–Crippen MR) is 85.8 cm³/mol. The highest BCUT2D eigenvalue weighted by atomic mass is 32.2. The standard InChI is InChI=1S/C16H23NO3S/c1-4-7-12-20-15(18)13-10-8-9-11-14(13)21-16(19)17(5-2)6-3/h8-11H,4-7,12H2,1-3H3. The Balaban J connectivity index is 2.79. The fourth-order valence-corrected chi connectivity index (χ4v) is 2.74. The maximum Gasteiger partial charge on any atom is 0.339 e. The number of rotatable bonds is 7. The molecule has 0 spiro atoms. The molecule has 0 atom stereocenters. The summed E-state index contributed by atoms with van der Waals surface area (Å²) in [6, 6.07) is 7.08. The van der Waals surface area contributed by atoms with Crippen LogP contribution in [0.4, 0.5) is 4.79 Å². The Bertz CT molecular complexity index is 472. The molecule has 0 aliphatic rings. The Kier molecular flexibility index (Phi) is 7.90. The van der Waals surface area contributed by atoms with Crippen LogP contribution >= 0.6 is 11.8 Å². The minimum absolute atomic E-state index is 0.0474. The van der Waals surface area contributed by atoms with Crippen molar-refractivity contribution in [1.82, 2.24) is 4.90 Å². The highest BCUT2D eigenvalue weighted by molar-refractivity contribution is 8.13. The molecule has 1 amide bonds. The summed E-state index contributed by atoms with van der Waals surface area (Å²) >= 11 is 1.08. The van der Waals surface area contributed by atoms with Gasteiger partial charge in [0.05, 0.1) is 12.2 Å². The predicted octanol–water partition coefficient (Wildman–Crippen LogP) is 4.20. The summed E-state index contributed by atoms with van der Waals surface area (Å²) in [6.07, 6.45) is 1.82. The van der Waals surface area contributed by atoms with Crippen molar-refractivity contribution in [3.05, 3.63) is 29.8 Å². The average molecular weight is 309 g/mol. The van der Waals surface area contributed by atoms with Crippen LogP contribution in [-0.4, -0.2) is 35.8 Å². The minimum Gasteiger partial charge on any atom is -0.462 e. The van der Waals surface area contributed by atoms with Crippen LogP contribution in [-0.2, 0) is 4.74 Å². The molecule has 0 aliphatic heterocycles. The van der Waals surface area contributed by atoms with E-state index in [4.69, 9.17) is 4.74 Å². The SMILES string of the molecule is CCCCOC(=O)c1ccccc1SC(=O)N(CC)CC. The summed E-state index contributed by atoms with van der Waals surface area (Å²) < 4.78 is 5.23. The zero-order chi connectivity index (χ0) is 15.7. The van der Waals surface area contributed by atoms with Crippen molar-refractivity contribution in [2.24, 2.45) is 0 Å². The van der Waals surface area contributed by atoms with E-state index in [1.54, 1.807) is 23.1 Å². The van der Waals surface area contributed by atoms with Crippen LogP contribution in [0.5, 0.6) is 0 Å². The number of carbonyl (C=O) groups excluding carboxylic acids is 2. The fourth-order valence-electron chi connectivity index (χ4n) is 1.75. The lowest BCUT2D eigenvalue weighted by Gasteiger charge is -2.18. The van der Waals surface area contributed by atoms with Gasteiger partial charge < -0.3 is 9.64 Å². The third-order valence-electron chi connectivity index (χ3n) is 3.06. The van der Waals surface area contributed by atoms with Gasteiger partial charge in [0.25, 0.3) is 5.24 Å². The summed E-state index contributed by atoms with van der Waals surface area (Å²) in [5, 5.41) is -0.0474. The van der Waals surface area contributed by atoms with Gasteiger partial charge in [0, 0.05) is 18.0 Å². The lowest BCUT2D eigenvalue weighted by atomic mass is 10.2. The van der Waals surface area contributed by atoms with Gasteiger partial charge in [0.15, 0.2) is 0 Å². The number of nitrogens with zero attached hydrogens (tertiary/aromatic N) is 1. The molecule has 0 aliphatic carbocycles. The molecule has 1 aromatic carbocycles. The summed E-state index contributed by atoms with van der Waals surface area (Å²) in [4.78, 5) is 26.6. The third kappa shape index (κ3) is 5.42. The normalized spacial score (nSPS) is 10.2. The Morgan fingerprint density at radius 1 is 1.14 bits per heavy atom. The zero-order valence-corrected chi connectivity index (χ0v) is 13.7. The molecular formula is C16H23NO3S. The lowest BCUT2D eigenvalue weighted by Crippen LogP contribution is -2.26. The quantitative estimate of drug-likeness (QED) is 0.430. The molecule has 4 nitrogen and oxygen atoms in total. The number of unbranched alkanes of at least 4 members (excludes halogenated alkanes) is 1. The smallest absolute Gasteiger partial charge is 0.339 e. The maximum absolute atomic E-state index is 12.1. The second-order valence-corrected chi connectivity index (χ2v) is 5.52. The van der Waals surface area contributed by atoms with Gasteiger partial charge in [-0.25, -0.2) is 4.79 Å². The number of benzene rings is 1. The highest BCUT2D eigenvalue weighted by Crippen LogP contribution is 2.26. The highest BCUT2D eigenvalue weighted by Gasteiger charge is 2.18. The summed E-state index contributed by atoms with van der Waals surface area (Å²) in [6.45, 7) is 7.65. The van der Waals surface area contributed by atoms with Crippen LogP contribution in [0.2, 0.25) is 0 Å². The van der Waals surface area contributed by atoms with Gasteiger partial charge in [-0.3, -0.25) is 4.79 Å². The molecular weight excluding hydrogens is 286 g/mol. The largest absolute Gasteiger partial charge is 0.462 e. The molecule has 0 aromatic heterocycles. The molecule has 0 heterocycles. The molecule has 1 aromatic rings. The Morgan fingerprint density at radius 3 is 2.43 bits per heavy atom. The summed E-state index contributed by atoms with van der Waals surface area (Å²) in [5.74, 6) is -0.362. The molecule has 0 fully saturated rings. The topological polar surface area (TPSA) is 46.6 Å². The summed E-state index contributed by atoms with van der Waals surface area (Å²) in [5.41, 5.74) is 0.458. The number of amides is 1. The lowest BCUT2D eigenvalue weighted by molar-refractivity contribution is 0.0495. The first-order valence-corrected chi connectivity index (χ1v) is 8.18. The molecule has 21 heavy (non-hydrogen) atoms. The van der Waals surface area contributed by atoms with E-state index in [0.717, 1.165) is 24.6 Å². The van der Waals surface area contributed by atoms with Gasteiger partial charge in [-0.15, -0.1) is 0 Å². The van der Waals surface area contributed by atoms with Crippen LogP contribution < -0.4 is 0 Å². The van der Waals surface area contributed by atoms with E-state index < -0.39 is 0 Å². The van der Waals surface area contributed by atoms with Gasteiger partial charge in [0.2, 0.25) is 0 Å². The van der Waals surface area contributed by atoms with Crippen molar-refractivity contribution in [3.63, 3.8) is 0 Å². The molecule has 0 N–H and O–H groups in total. The van der Waals surface area contributed by atoms with Crippen molar-refractivity contribution in [2.75, 3.05) is 19.7 Å². The van der Waals surface area contributed by atoms with Gasteiger partial charge in [-0.2, -0.15) is 0 Å². The number of hydrogen-bond acceptors (Lipinski definition) is 4. The summed E-state index contributed by atoms with van der Waals surface area (Å²) in [7, 11) is 0. The average Bonchev–Trinajstić information content (AvgIpc) is 2.49. The zero-order valence-electron chi connectivity index (χ0n) is 12.9. The molecule has 0 saturated carbocycles. The molecule has 1 rings (SSSR count). The maximum atomic E-state index is 12.1.